The number of nitrogens with one attached hydrogen (secondary N) is 2. The van der Waals surface area contributed by atoms with E-state index in [9.17, 15) is 23.1 Å². The summed E-state index contributed by atoms with van der Waals surface area (Å²) in [5.74, 6) is 0.780. The number of nitrogens with zero attached hydrogens (tertiary/aromatic N) is 5. The van der Waals surface area contributed by atoms with Gasteiger partial charge in [0.1, 0.15) is 11.9 Å². The number of benzene rings is 1. The zero-order valence-electron chi connectivity index (χ0n) is 20.0. The molecule has 0 saturated carbocycles. The Hall–Kier alpha value is -3.41. The molecule has 2 aliphatic heterocycles. The van der Waals surface area contributed by atoms with Crippen molar-refractivity contribution in [2.45, 2.75) is 50.9 Å². The molecule has 2 fully saturated rings. The van der Waals surface area contributed by atoms with Crippen LogP contribution in [-0.2, 0) is 11.0 Å². The third-order valence-electron chi connectivity index (χ3n) is 6.97. The molecule has 4 heterocycles. The summed E-state index contributed by atoms with van der Waals surface area (Å²) in [7, 11) is 0. The van der Waals surface area contributed by atoms with Gasteiger partial charge in [0.2, 0.25) is 11.9 Å². The molecule has 1 unspecified atom stereocenters. The van der Waals surface area contributed by atoms with Crippen molar-refractivity contribution < 1.29 is 23.1 Å². The van der Waals surface area contributed by atoms with Gasteiger partial charge in [-0.3, -0.25) is 4.79 Å². The Labute approximate surface area is 205 Å². The van der Waals surface area contributed by atoms with Gasteiger partial charge < -0.3 is 20.6 Å². The number of rotatable bonds is 5. The van der Waals surface area contributed by atoms with Crippen molar-refractivity contribution in [1.82, 2.24) is 25.1 Å². The molecule has 2 aromatic heterocycles. The molecular weight excluding hydrogens is 475 g/mol. The monoisotopic (exact) mass is 503 g/mol. The highest BCUT2D eigenvalue weighted by Gasteiger charge is 2.33. The van der Waals surface area contributed by atoms with Crippen molar-refractivity contribution in [2.24, 2.45) is 5.92 Å². The summed E-state index contributed by atoms with van der Waals surface area (Å²) in [5, 5.41) is 21.2. The first-order valence-electron chi connectivity index (χ1n) is 12.0. The number of hydrogen-bond acceptors (Lipinski definition) is 7. The highest BCUT2D eigenvalue weighted by molar-refractivity contribution is 5.90. The Morgan fingerprint density at radius 2 is 1.89 bits per heavy atom. The number of hydrogen-bond donors (Lipinski definition) is 3. The van der Waals surface area contributed by atoms with Crippen LogP contribution in [0.25, 0.3) is 16.7 Å². The highest BCUT2D eigenvalue weighted by atomic mass is 19.4. The third-order valence-corrected chi connectivity index (χ3v) is 6.97. The number of alkyl halides is 3. The Morgan fingerprint density at radius 3 is 2.53 bits per heavy atom. The largest absolute Gasteiger partial charge is 0.416 e. The zero-order valence-corrected chi connectivity index (χ0v) is 20.0. The van der Waals surface area contributed by atoms with Crippen LogP contribution in [0.2, 0.25) is 0 Å². The lowest BCUT2D eigenvalue weighted by Crippen LogP contribution is -2.42. The first kappa shape index (κ1) is 24.3. The maximum atomic E-state index is 13.3. The molecule has 0 spiro atoms. The van der Waals surface area contributed by atoms with Crippen molar-refractivity contribution in [3.63, 3.8) is 0 Å². The maximum Gasteiger partial charge on any atom is 0.416 e. The lowest BCUT2D eigenvalue weighted by Gasteiger charge is -2.38. The second kappa shape index (κ2) is 8.91. The molecule has 1 aromatic carbocycles. The number of fused-ring (bicyclic) bond motifs is 1. The van der Waals surface area contributed by atoms with E-state index in [1.807, 2.05) is 13.8 Å². The molecule has 0 aliphatic carbocycles. The number of amides is 1. The molecule has 2 saturated heterocycles. The Balaban J connectivity index is 1.56. The number of halogens is 3. The van der Waals surface area contributed by atoms with Gasteiger partial charge in [0.15, 0.2) is 5.65 Å². The summed E-state index contributed by atoms with van der Waals surface area (Å²) in [4.78, 5) is 23.5. The fourth-order valence-electron chi connectivity index (χ4n) is 4.89. The second-order valence-corrected chi connectivity index (χ2v) is 9.90. The number of carbonyl (C=O) groups is 1. The molecule has 3 aromatic rings. The summed E-state index contributed by atoms with van der Waals surface area (Å²) < 4.78 is 41.4. The smallest absolute Gasteiger partial charge is 0.390 e. The van der Waals surface area contributed by atoms with Gasteiger partial charge in [-0.25, -0.2) is 4.68 Å². The van der Waals surface area contributed by atoms with Gasteiger partial charge >= 0.3 is 6.18 Å². The fraction of sp³-hybridized carbons (Fsp3) is 0.500. The third kappa shape index (κ3) is 4.69. The average Bonchev–Trinajstić information content (AvgIpc) is 3.44. The molecule has 1 amide bonds. The molecule has 1 atom stereocenters. The van der Waals surface area contributed by atoms with Crippen LogP contribution < -0.4 is 15.5 Å². The van der Waals surface area contributed by atoms with Crippen molar-refractivity contribution in [3.05, 3.63) is 36.0 Å². The van der Waals surface area contributed by atoms with Gasteiger partial charge in [-0.15, -0.1) is 0 Å². The van der Waals surface area contributed by atoms with Crippen LogP contribution in [-0.4, -0.2) is 62.0 Å². The summed E-state index contributed by atoms with van der Waals surface area (Å²) >= 11 is 0. The van der Waals surface area contributed by atoms with Crippen LogP contribution >= 0.6 is 0 Å². The van der Waals surface area contributed by atoms with Crippen molar-refractivity contribution in [3.8, 4) is 5.69 Å². The highest BCUT2D eigenvalue weighted by Crippen LogP contribution is 2.35. The van der Waals surface area contributed by atoms with Crippen molar-refractivity contribution >= 4 is 28.7 Å². The summed E-state index contributed by atoms with van der Waals surface area (Å²) in [5.41, 5.74) is -1.02. The Kier molecular flexibility index (Phi) is 6.01. The van der Waals surface area contributed by atoms with Crippen LogP contribution in [0.4, 0.5) is 24.9 Å². The van der Waals surface area contributed by atoms with Gasteiger partial charge in [-0.1, -0.05) is 6.07 Å². The molecule has 0 bridgehead atoms. The standard InChI is InChI=1S/C24H28F3N7O2/c1-23(2,36)14-7-10-33(11-8-14)19-17-13-29-34(16-5-3-4-15(12-16)24(25,26)27)20(17)32-22(31-19)30-18-6-9-28-21(18)35/h3-5,12-14,18,36H,6-11H2,1-2H3,(H,28,35)(H,30,31,32). The van der Waals surface area contributed by atoms with E-state index in [2.05, 4.69) is 25.6 Å². The number of anilines is 2. The van der Waals surface area contributed by atoms with E-state index in [0.717, 1.165) is 25.0 Å². The lowest BCUT2D eigenvalue weighted by molar-refractivity contribution is -0.137. The van der Waals surface area contributed by atoms with Crippen LogP contribution in [0.3, 0.4) is 0 Å². The molecule has 36 heavy (non-hydrogen) atoms. The van der Waals surface area contributed by atoms with Crippen LogP contribution in [0.1, 0.15) is 38.7 Å². The van der Waals surface area contributed by atoms with Gasteiger partial charge in [-0.2, -0.15) is 28.2 Å². The zero-order chi connectivity index (χ0) is 25.7. The molecule has 12 heteroatoms. The van der Waals surface area contributed by atoms with Gasteiger partial charge in [0.05, 0.1) is 28.4 Å². The first-order valence-corrected chi connectivity index (χ1v) is 12.0. The minimum absolute atomic E-state index is 0.138. The van der Waals surface area contributed by atoms with Crippen LogP contribution in [0.5, 0.6) is 0 Å². The molecule has 5 rings (SSSR count). The minimum atomic E-state index is -4.49. The van der Waals surface area contributed by atoms with Gasteiger partial charge in [0, 0.05) is 19.6 Å². The minimum Gasteiger partial charge on any atom is -0.390 e. The summed E-state index contributed by atoms with van der Waals surface area (Å²) in [6, 6.07) is 4.41. The number of aromatic nitrogens is 4. The van der Waals surface area contributed by atoms with Gasteiger partial charge in [0.25, 0.3) is 0 Å². The molecule has 0 radical (unpaired) electrons. The Morgan fingerprint density at radius 1 is 1.14 bits per heavy atom. The van der Waals surface area contributed by atoms with E-state index in [-0.39, 0.29) is 23.5 Å². The van der Waals surface area contributed by atoms with Gasteiger partial charge in [-0.05, 0) is 57.2 Å². The van der Waals surface area contributed by atoms with Crippen molar-refractivity contribution in [1.29, 1.82) is 0 Å². The SMILES string of the molecule is CC(C)(O)C1CCN(c2nc(NC3CCNC3=O)nc3c2cnn3-c2cccc(C(F)(F)F)c2)CC1. The molecular formula is C24H28F3N7O2. The normalized spacial score (nSPS) is 19.7. The summed E-state index contributed by atoms with van der Waals surface area (Å²) in [6.45, 7) is 5.43. The quantitative estimate of drug-likeness (QED) is 0.491. The number of carbonyl (C=O) groups excluding carboxylic acids is 1. The molecule has 2 aliphatic rings. The molecule has 3 N–H and O–H groups in total. The summed E-state index contributed by atoms with van der Waals surface area (Å²) in [6.07, 6.45) is -0.861. The van der Waals surface area contributed by atoms with E-state index < -0.39 is 23.4 Å². The van der Waals surface area contributed by atoms with E-state index in [0.29, 0.717) is 42.9 Å². The fourth-order valence-corrected chi connectivity index (χ4v) is 4.89. The predicted molar refractivity (Wildman–Crippen MR) is 128 cm³/mol. The van der Waals surface area contributed by atoms with E-state index in [1.54, 1.807) is 6.20 Å². The maximum absolute atomic E-state index is 13.3. The second-order valence-electron chi connectivity index (χ2n) is 9.90. The molecule has 9 nitrogen and oxygen atoms in total. The topological polar surface area (TPSA) is 108 Å². The predicted octanol–water partition coefficient (Wildman–Crippen LogP) is 3.12. The van der Waals surface area contributed by atoms with Crippen LogP contribution in [0, 0.1) is 5.92 Å². The lowest BCUT2D eigenvalue weighted by atomic mass is 9.83. The molecule has 192 valence electrons. The van der Waals surface area contributed by atoms with Crippen molar-refractivity contribution in [2.75, 3.05) is 29.9 Å². The van der Waals surface area contributed by atoms with Crippen LogP contribution in [0.15, 0.2) is 30.5 Å². The first-order chi connectivity index (χ1) is 17.0. The number of aliphatic hydroxyl groups is 1. The average molecular weight is 504 g/mol. The van der Waals surface area contributed by atoms with E-state index in [4.69, 9.17) is 4.98 Å². The number of piperidine rings is 1. The Bertz CT molecular complexity index is 1280. The van der Waals surface area contributed by atoms with E-state index >= 15 is 0 Å². The van der Waals surface area contributed by atoms with E-state index in [1.165, 1.54) is 16.8 Å².